The number of thiophene rings is 1. The first-order chi connectivity index (χ1) is 9.80. The van der Waals surface area contributed by atoms with Crippen LogP contribution in [-0.2, 0) is 4.84 Å². The summed E-state index contributed by atoms with van der Waals surface area (Å²) in [6.45, 7) is 9.44. The molecular formula is C15H18N2O3S. The Bertz CT molecular complexity index is 644. The predicted molar refractivity (Wildman–Crippen MR) is 81.7 cm³/mol. The number of carbonyl (C=O) groups is 1. The SMILES string of the molecule is Cc1noc(C)c1C(=O)O/N=C(/c1cccs1)C(C)(C)C. The van der Waals surface area contributed by atoms with Crippen molar-refractivity contribution in [3.63, 3.8) is 0 Å². The third-order valence-corrected chi connectivity index (χ3v) is 3.80. The fourth-order valence-electron chi connectivity index (χ4n) is 1.87. The Labute approximate surface area is 127 Å². The second-order valence-corrected chi connectivity index (χ2v) is 6.69. The van der Waals surface area contributed by atoms with Gasteiger partial charge < -0.3 is 9.36 Å². The van der Waals surface area contributed by atoms with Gasteiger partial charge >= 0.3 is 5.97 Å². The van der Waals surface area contributed by atoms with Crippen LogP contribution in [0, 0.1) is 19.3 Å². The predicted octanol–water partition coefficient (Wildman–Crippen LogP) is 3.96. The largest absolute Gasteiger partial charge is 0.371 e. The molecule has 2 heterocycles. The van der Waals surface area contributed by atoms with E-state index in [1.807, 2.05) is 38.3 Å². The molecule has 112 valence electrons. The highest BCUT2D eigenvalue weighted by atomic mass is 32.1. The molecule has 0 fully saturated rings. The smallest absolute Gasteiger partial charge is 0.361 e. The van der Waals surface area contributed by atoms with Crippen LogP contribution in [-0.4, -0.2) is 16.8 Å². The molecule has 0 saturated carbocycles. The van der Waals surface area contributed by atoms with E-state index in [0.29, 0.717) is 17.0 Å². The summed E-state index contributed by atoms with van der Waals surface area (Å²) in [6, 6.07) is 3.90. The molecule has 2 aromatic rings. The number of aromatic nitrogens is 1. The normalized spacial score (nSPS) is 12.5. The average Bonchev–Trinajstić information content (AvgIpc) is 2.98. The van der Waals surface area contributed by atoms with Crippen molar-refractivity contribution in [2.24, 2.45) is 10.6 Å². The summed E-state index contributed by atoms with van der Waals surface area (Å²) < 4.78 is 4.97. The Balaban J connectivity index is 2.27. The average molecular weight is 306 g/mol. The van der Waals surface area contributed by atoms with E-state index in [2.05, 4.69) is 10.3 Å². The van der Waals surface area contributed by atoms with Gasteiger partial charge in [-0.2, -0.15) is 0 Å². The third-order valence-electron chi connectivity index (χ3n) is 2.92. The number of oxime groups is 1. The first-order valence-corrected chi connectivity index (χ1v) is 7.45. The summed E-state index contributed by atoms with van der Waals surface area (Å²) in [7, 11) is 0. The third kappa shape index (κ3) is 3.39. The Morgan fingerprint density at radius 1 is 1.38 bits per heavy atom. The number of nitrogens with zero attached hydrogens (tertiary/aromatic N) is 2. The lowest BCUT2D eigenvalue weighted by Crippen LogP contribution is -2.21. The molecular weight excluding hydrogens is 288 g/mol. The van der Waals surface area contributed by atoms with Crippen molar-refractivity contribution in [1.29, 1.82) is 0 Å². The molecule has 6 heteroatoms. The summed E-state index contributed by atoms with van der Waals surface area (Å²) in [5.41, 5.74) is 1.33. The van der Waals surface area contributed by atoms with Crippen molar-refractivity contribution >= 4 is 23.0 Å². The fraction of sp³-hybridized carbons (Fsp3) is 0.400. The van der Waals surface area contributed by atoms with Crippen LogP contribution < -0.4 is 0 Å². The van der Waals surface area contributed by atoms with Gasteiger partial charge in [0.2, 0.25) is 0 Å². The van der Waals surface area contributed by atoms with E-state index in [1.165, 1.54) is 0 Å². The first kappa shape index (κ1) is 15.4. The van der Waals surface area contributed by atoms with E-state index in [4.69, 9.17) is 9.36 Å². The molecule has 21 heavy (non-hydrogen) atoms. The zero-order valence-corrected chi connectivity index (χ0v) is 13.6. The van der Waals surface area contributed by atoms with Gasteiger partial charge in [0.15, 0.2) is 0 Å². The molecule has 0 radical (unpaired) electrons. The molecule has 2 aromatic heterocycles. The standard InChI is InChI=1S/C15H18N2O3S/c1-9-12(10(2)19-16-9)14(18)20-17-13(15(3,4)5)11-7-6-8-21-11/h6-8H,1-5H3/b17-13-. The molecule has 0 N–H and O–H groups in total. The van der Waals surface area contributed by atoms with Crippen LogP contribution in [0.15, 0.2) is 27.2 Å². The maximum absolute atomic E-state index is 12.1. The number of rotatable bonds is 3. The van der Waals surface area contributed by atoms with Gasteiger partial charge in [-0.1, -0.05) is 37.1 Å². The van der Waals surface area contributed by atoms with Gasteiger partial charge in [0.05, 0.1) is 10.6 Å². The lowest BCUT2D eigenvalue weighted by Gasteiger charge is -2.19. The van der Waals surface area contributed by atoms with E-state index < -0.39 is 5.97 Å². The van der Waals surface area contributed by atoms with Crippen LogP contribution in [0.4, 0.5) is 0 Å². The molecule has 0 spiro atoms. The maximum atomic E-state index is 12.1. The molecule has 0 atom stereocenters. The summed E-state index contributed by atoms with van der Waals surface area (Å²) in [5, 5.41) is 9.79. The van der Waals surface area contributed by atoms with Gasteiger partial charge in [0, 0.05) is 5.41 Å². The molecule has 0 unspecified atom stereocenters. The van der Waals surface area contributed by atoms with Crippen LogP contribution >= 0.6 is 11.3 Å². The van der Waals surface area contributed by atoms with Crippen molar-refractivity contribution in [3.05, 3.63) is 39.4 Å². The molecule has 0 amide bonds. The lowest BCUT2D eigenvalue weighted by molar-refractivity contribution is 0.0510. The second-order valence-electron chi connectivity index (χ2n) is 5.75. The first-order valence-electron chi connectivity index (χ1n) is 6.57. The summed E-state index contributed by atoms with van der Waals surface area (Å²) >= 11 is 1.56. The monoisotopic (exact) mass is 306 g/mol. The molecule has 0 aliphatic heterocycles. The number of carbonyl (C=O) groups excluding carboxylic acids is 1. The van der Waals surface area contributed by atoms with Gasteiger partial charge in [-0.3, -0.25) is 0 Å². The van der Waals surface area contributed by atoms with E-state index in [1.54, 1.807) is 25.2 Å². The van der Waals surface area contributed by atoms with Gasteiger partial charge in [-0.15, -0.1) is 11.3 Å². The summed E-state index contributed by atoms with van der Waals surface area (Å²) in [6.07, 6.45) is 0. The number of hydrogen-bond donors (Lipinski definition) is 0. The van der Waals surface area contributed by atoms with Gasteiger partial charge in [-0.05, 0) is 25.3 Å². The minimum absolute atomic E-state index is 0.232. The molecule has 5 nitrogen and oxygen atoms in total. The van der Waals surface area contributed by atoms with E-state index in [9.17, 15) is 4.79 Å². The Morgan fingerprint density at radius 2 is 2.10 bits per heavy atom. The summed E-state index contributed by atoms with van der Waals surface area (Å²) in [5.74, 6) is -0.120. The summed E-state index contributed by atoms with van der Waals surface area (Å²) in [4.78, 5) is 18.2. The number of aryl methyl sites for hydroxylation is 2. The highest BCUT2D eigenvalue weighted by Crippen LogP contribution is 2.25. The highest BCUT2D eigenvalue weighted by molar-refractivity contribution is 7.12. The molecule has 0 aliphatic rings. The Kier molecular flexibility index (Phi) is 4.27. The van der Waals surface area contributed by atoms with E-state index in [-0.39, 0.29) is 5.41 Å². The fourth-order valence-corrected chi connectivity index (χ4v) is 2.79. The van der Waals surface area contributed by atoms with E-state index >= 15 is 0 Å². The topological polar surface area (TPSA) is 64.7 Å². The minimum Gasteiger partial charge on any atom is -0.361 e. The van der Waals surface area contributed by atoms with Crippen molar-refractivity contribution in [2.45, 2.75) is 34.6 Å². The van der Waals surface area contributed by atoms with Crippen molar-refractivity contribution in [3.8, 4) is 0 Å². The molecule has 0 saturated heterocycles. The zero-order chi connectivity index (χ0) is 15.6. The Hall–Kier alpha value is -1.95. The molecule has 0 aliphatic carbocycles. The zero-order valence-electron chi connectivity index (χ0n) is 12.8. The van der Waals surface area contributed by atoms with Crippen LogP contribution in [0.25, 0.3) is 0 Å². The molecule has 2 rings (SSSR count). The van der Waals surface area contributed by atoms with Crippen LogP contribution in [0.1, 0.15) is 47.5 Å². The van der Waals surface area contributed by atoms with Crippen LogP contribution in [0.5, 0.6) is 0 Å². The maximum Gasteiger partial charge on any atom is 0.371 e. The lowest BCUT2D eigenvalue weighted by atomic mass is 9.89. The Morgan fingerprint density at radius 3 is 2.57 bits per heavy atom. The number of hydrogen-bond acceptors (Lipinski definition) is 6. The van der Waals surface area contributed by atoms with Gasteiger partial charge in [0.1, 0.15) is 17.0 Å². The van der Waals surface area contributed by atoms with Crippen LogP contribution in [0.2, 0.25) is 0 Å². The molecule has 0 bridgehead atoms. The quantitative estimate of drug-likeness (QED) is 0.489. The minimum atomic E-state index is -0.551. The van der Waals surface area contributed by atoms with Crippen molar-refractivity contribution < 1.29 is 14.2 Å². The van der Waals surface area contributed by atoms with Gasteiger partial charge in [0.25, 0.3) is 0 Å². The second kappa shape index (κ2) is 5.81. The molecule has 0 aromatic carbocycles. The van der Waals surface area contributed by atoms with Crippen LogP contribution in [0.3, 0.4) is 0 Å². The van der Waals surface area contributed by atoms with Crippen molar-refractivity contribution in [1.82, 2.24) is 5.16 Å². The van der Waals surface area contributed by atoms with E-state index in [0.717, 1.165) is 10.6 Å². The van der Waals surface area contributed by atoms with Gasteiger partial charge in [-0.25, -0.2) is 4.79 Å². The highest BCUT2D eigenvalue weighted by Gasteiger charge is 2.25. The van der Waals surface area contributed by atoms with Crippen molar-refractivity contribution in [2.75, 3.05) is 0 Å².